The lowest BCUT2D eigenvalue weighted by Crippen LogP contribution is -2.48. The molecule has 0 radical (unpaired) electrons. The van der Waals surface area contributed by atoms with Crippen molar-refractivity contribution in [2.75, 3.05) is 13.1 Å². The van der Waals surface area contributed by atoms with Crippen molar-refractivity contribution in [3.8, 4) is 12.3 Å². The number of terminal acetylenes is 1. The lowest BCUT2D eigenvalue weighted by atomic mass is 10.2. The van der Waals surface area contributed by atoms with E-state index in [1.807, 2.05) is 43.5 Å². The number of para-hydroxylation sites is 1. The minimum atomic E-state index is -3.68. The molecule has 0 aliphatic carbocycles. The van der Waals surface area contributed by atoms with Crippen LogP contribution < -0.4 is 4.80 Å². The molecule has 3 aromatic rings. The summed E-state index contributed by atoms with van der Waals surface area (Å²) in [4.78, 5) is 17.8. The van der Waals surface area contributed by atoms with Gasteiger partial charge in [-0.05, 0) is 56.7 Å². The molecule has 1 fully saturated rings. The molecule has 2 aromatic carbocycles. The number of carbonyl (C=O) groups excluding carboxylic acids is 1. The molecule has 2 heterocycles. The Labute approximate surface area is 197 Å². The molecule has 0 unspecified atom stereocenters. The Morgan fingerprint density at radius 1 is 1.18 bits per heavy atom. The SMILES string of the molecule is C#CCn1c(=NC(=O)c2ccc(S(=O)(=O)N3C[C@@H](C)O[C@H](C)C3)cc2)sc2cccc(C)c21. The molecule has 7 nitrogen and oxygen atoms in total. The number of morpholine rings is 1. The maximum absolute atomic E-state index is 13.0. The number of thiazole rings is 1. The Morgan fingerprint density at radius 2 is 1.85 bits per heavy atom. The zero-order valence-corrected chi connectivity index (χ0v) is 20.3. The van der Waals surface area contributed by atoms with Gasteiger partial charge < -0.3 is 9.30 Å². The number of aromatic nitrogens is 1. The molecule has 2 atom stereocenters. The van der Waals surface area contributed by atoms with Gasteiger partial charge in [0.2, 0.25) is 10.0 Å². The van der Waals surface area contributed by atoms with Crippen LogP contribution in [0.3, 0.4) is 0 Å². The average molecular weight is 484 g/mol. The monoisotopic (exact) mass is 483 g/mol. The fourth-order valence-corrected chi connectivity index (χ4v) is 6.72. The van der Waals surface area contributed by atoms with E-state index in [-0.39, 0.29) is 17.1 Å². The third-order valence-electron chi connectivity index (χ3n) is 5.47. The number of rotatable bonds is 4. The second-order valence-corrected chi connectivity index (χ2v) is 11.1. The molecule has 1 aliphatic heterocycles. The van der Waals surface area contributed by atoms with Crippen molar-refractivity contribution in [3.63, 3.8) is 0 Å². The maximum Gasteiger partial charge on any atom is 0.279 e. The van der Waals surface area contributed by atoms with Gasteiger partial charge in [-0.2, -0.15) is 9.30 Å². The fourth-order valence-electron chi connectivity index (χ4n) is 4.03. The molecular formula is C24H25N3O4S2. The maximum atomic E-state index is 13.0. The summed E-state index contributed by atoms with van der Waals surface area (Å²) in [6.07, 6.45) is 5.19. The molecule has 4 rings (SSSR count). The molecule has 1 aromatic heterocycles. The molecule has 0 N–H and O–H groups in total. The van der Waals surface area contributed by atoms with Crippen molar-refractivity contribution in [1.29, 1.82) is 0 Å². The van der Waals surface area contributed by atoms with E-state index in [0.717, 1.165) is 15.8 Å². The van der Waals surface area contributed by atoms with Crippen molar-refractivity contribution in [2.24, 2.45) is 4.99 Å². The second-order valence-electron chi connectivity index (χ2n) is 8.12. The molecular weight excluding hydrogens is 458 g/mol. The summed E-state index contributed by atoms with van der Waals surface area (Å²) < 4.78 is 36.0. The summed E-state index contributed by atoms with van der Waals surface area (Å²) in [6, 6.07) is 11.8. The van der Waals surface area contributed by atoms with Gasteiger partial charge in [-0.1, -0.05) is 29.4 Å². The van der Waals surface area contributed by atoms with Crippen LogP contribution in [0.1, 0.15) is 29.8 Å². The highest BCUT2D eigenvalue weighted by molar-refractivity contribution is 7.89. The summed E-state index contributed by atoms with van der Waals surface area (Å²) in [5.74, 6) is 2.17. The number of amides is 1. The molecule has 0 bridgehead atoms. The second kappa shape index (κ2) is 9.23. The first-order valence-corrected chi connectivity index (χ1v) is 12.8. The predicted molar refractivity (Wildman–Crippen MR) is 128 cm³/mol. The highest BCUT2D eigenvalue weighted by Gasteiger charge is 2.32. The third kappa shape index (κ3) is 4.66. The number of benzene rings is 2. The first-order chi connectivity index (χ1) is 15.7. The number of nitrogens with zero attached hydrogens (tertiary/aromatic N) is 3. The normalized spacial score (nSPS) is 20.1. The Hall–Kier alpha value is -2.77. The van der Waals surface area contributed by atoms with E-state index >= 15 is 0 Å². The lowest BCUT2D eigenvalue weighted by Gasteiger charge is -2.34. The molecule has 1 aliphatic rings. The number of ether oxygens (including phenoxy) is 1. The van der Waals surface area contributed by atoms with Crippen LogP contribution >= 0.6 is 11.3 Å². The van der Waals surface area contributed by atoms with Gasteiger partial charge >= 0.3 is 0 Å². The highest BCUT2D eigenvalue weighted by Crippen LogP contribution is 2.23. The number of hydrogen-bond donors (Lipinski definition) is 0. The van der Waals surface area contributed by atoms with Gasteiger partial charge in [0, 0.05) is 18.7 Å². The van der Waals surface area contributed by atoms with Crippen LogP contribution in [-0.4, -0.2) is 48.5 Å². The Kier molecular flexibility index (Phi) is 6.54. The van der Waals surface area contributed by atoms with E-state index in [2.05, 4.69) is 10.9 Å². The van der Waals surface area contributed by atoms with Gasteiger partial charge in [0.1, 0.15) is 0 Å². The first-order valence-electron chi connectivity index (χ1n) is 10.6. The fraction of sp³-hybridized carbons (Fsp3) is 0.333. The molecule has 0 saturated carbocycles. The lowest BCUT2D eigenvalue weighted by molar-refractivity contribution is -0.0440. The summed E-state index contributed by atoms with van der Waals surface area (Å²) in [5.41, 5.74) is 2.32. The van der Waals surface area contributed by atoms with Crippen LogP contribution in [0.2, 0.25) is 0 Å². The molecule has 33 heavy (non-hydrogen) atoms. The highest BCUT2D eigenvalue weighted by atomic mass is 32.2. The summed E-state index contributed by atoms with van der Waals surface area (Å²) in [5, 5.41) is 0. The number of fused-ring (bicyclic) bond motifs is 1. The van der Waals surface area contributed by atoms with Crippen LogP contribution in [0.15, 0.2) is 52.4 Å². The van der Waals surface area contributed by atoms with Crippen LogP contribution in [0, 0.1) is 19.3 Å². The Balaban J connectivity index is 1.65. The molecule has 1 saturated heterocycles. The van der Waals surface area contributed by atoms with E-state index in [0.29, 0.717) is 30.0 Å². The van der Waals surface area contributed by atoms with Gasteiger partial charge in [-0.15, -0.1) is 6.42 Å². The molecule has 9 heteroatoms. The van der Waals surface area contributed by atoms with Crippen molar-refractivity contribution in [3.05, 3.63) is 58.4 Å². The third-order valence-corrected chi connectivity index (χ3v) is 8.36. The van der Waals surface area contributed by atoms with Gasteiger partial charge in [0.25, 0.3) is 5.91 Å². The Bertz CT molecular complexity index is 1400. The summed E-state index contributed by atoms with van der Waals surface area (Å²) in [6.45, 7) is 6.58. The summed E-state index contributed by atoms with van der Waals surface area (Å²) >= 11 is 1.39. The van der Waals surface area contributed by atoms with E-state index in [4.69, 9.17) is 11.2 Å². The van der Waals surface area contributed by atoms with Gasteiger partial charge in [-0.25, -0.2) is 8.42 Å². The van der Waals surface area contributed by atoms with Crippen LogP contribution in [-0.2, 0) is 21.3 Å². The number of carbonyl (C=O) groups is 1. The quantitative estimate of drug-likeness (QED) is 0.534. The smallest absolute Gasteiger partial charge is 0.279 e. The summed E-state index contributed by atoms with van der Waals surface area (Å²) in [7, 11) is -3.68. The molecule has 172 valence electrons. The first kappa shape index (κ1) is 23.4. The van der Waals surface area contributed by atoms with Crippen LogP contribution in [0.25, 0.3) is 10.2 Å². The molecule has 1 amide bonds. The van der Waals surface area contributed by atoms with Crippen molar-refractivity contribution in [1.82, 2.24) is 8.87 Å². The minimum Gasteiger partial charge on any atom is -0.373 e. The standard InChI is InChI=1S/C24H25N3O4S2/c1-5-13-27-22-16(2)7-6-8-21(22)32-24(27)25-23(28)19-9-11-20(12-10-19)33(29,30)26-14-17(3)31-18(4)15-26/h1,6-12,17-18H,13-15H2,2-4H3/t17-,18-/m1/s1. The van der Waals surface area contributed by atoms with Crippen molar-refractivity contribution < 1.29 is 17.9 Å². The van der Waals surface area contributed by atoms with Crippen LogP contribution in [0.4, 0.5) is 0 Å². The predicted octanol–water partition coefficient (Wildman–Crippen LogP) is 3.18. The van der Waals surface area contributed by atoms with Crippen molar-refractivity contribution in [2.45, 2.75) is 44.4 Å². The zero-order chi connectivity index (χ0) is 23.8. The van der Waals surface area contributed by atoms with E-state index < -0.39 is 15.9 Å². The van der Waals surface area contributed by atoms with Gasteiger partial charge in [0.15, 0.2) is 4.80 Å². The van der Waals surface area contributed by atoms with E-state index in [9.17, 15) is 13.2 Å². The number of aryl methyl sites for hydroxylation is 1. The van der Waals surface area contributed by atoms with Gasteiger partial charge in [-0.3, -0.25) is 4.79 Å². The average Bonchev–Trinajstić information content (AvgIpc) is 3.11. The topological polar surface area (TPSA) is 81.0 Å². The van der Waals surface area contributed by atoms with E-state index in [1.165, 1.54) is 39.9 Å². The largest absolute Gasteiger partial charge is 0.373 e. The van der Waals surface area contributed by atoms with Crippen molar-refractivity contribution >= 4 is 37.5 Å². The minimum absolute atomic E-state index is 0.139. The van der Waals surface area contributed by atoms with E-state index in [1.54, 1.807) is 0 Å². The van der Waals surface area contributed by atoms with Crippen LogP contribution in [0.5, 0.6) is 0 Å². The van der Waals surface area contributed by atoms with Gasteiger partial charge in [0.05, 0.1) is 33.9 Å². The number of hydrogen-bond acceptors (Lipinski definition) is 5. The molecule has 0 spiro atoms. The number of sulfonamides is 1. The zero-order valence-electron chi connectivity index (χ0n) is 18.7. The Morgan fingerprint density at radius 3 is 2.48 bits per heavy atom.